The first-order valence-corrected chi connectivity index (χ1v) is 12.8. The van der Waals surface area contributed by atoms with Crippen molar-refractivity contribution < 1.29 is 0 Å². The molecule has 4 rings (SSSR count). The van der Waals surface area contributed by atoms with Gasteiger partial charge >= 0.3 is 0 Å². The van der Waals surface area contributed by atoms with E-state index in [4.69, 9.17) is 0 Å². The summed E-state index contributed by atoms with van der Waals surface area (Å²) in [5, 5.41) is 4.78. The molecule has 0 nitrogen and oxygen atoms in total. The molecule has 3 aromatic carbocycles. The van der Waals surface area contributed by atoms with Gasteiger partial charge in [-0.05, 0) is 62.7 Å². The SMILES string of the molecule is Cc1ccc2cccc3c2c1C(C)(C)P(c1c(C(C)C)cccc1C(C)C)C3(C)C. The Bertz CT molecular complexity index is 1090. The third-order valence-corrected chi connectivity index (χ3v) is 10.9. The summed E-state index contributed by atoms with van der Waals surface area (Å²) in [6.07, 6.45) is 0. The molecule has 0 N–H and O–H groups in total. The van der Waals surface area contributed by atoms with Crippen molar-refractivity contribution in [1.29, 1.82) is 0 Å². The molecular formula is C29H37P. The summed E-state index contributed by atoms with van der Waals surface area (Å²) in [5.74, 6) is 1.06. The van der Waals surface area contributed by atoms with Crippen molar-refractivity contribution in [2.75, 3.05) is 0 Å². The molecule has 30 heavy (non-hydrogen) atoms. The van der Waals surface area contributed by atoms with Crippen LogP contribution in [0.2, 0.25) is 0 Å². The quantitative estimate of drug-likeness (QED) is 0.375. The van der Waals surface area contributed by atoms with E-state index in [1.807, 2.05) is 0 Å². The number of aryl methyl sites for hydroxylation is 1. The Morgan fingerprint density at radius 1 is 0.700 bits per heavy atom. The monoisotopic (exact) mass is 416 g/mol. The number of rotatable bonds is 3. The zero-order valence-electron chi connectivity index (χ0n) is 20.2. The van der Waals surface area contributed by atoms with Crippen LogP contribution in [0, 0.1) is 6.92 Å². The first-order chi connectivity index (χ1) is 14.0. The summed E-state index contributed by atoms with van der Waals surface area (Å²) < 4.78 is 0. The molecule has 1 heterocycles. The molecule has 1 atom stereocenters. The van der Waals surface area contributed by atoms with E-state index < -0.39 is 7.92 Å². The standard InChI is InChI=1S/C29H37P/c1-18(2)22-13-11-14-23(19(3)4)27(22)30-28(6,7)24-15-10-12-21-17-16-20(5)26(25(21)24)29(30,8)9/h10-19H,1-9H3. The van der Waals surface area contributed by atoms with Gasteiger partial charge in [-0.25, -0.2) is 0 Å². The zero-order chi connectivity index (χ0) is 22.0. The molecule has 0 amide bonds. The van der Waals surface area contributed by atoms with Crippen molar-refractivity contribution >= 4 is 24.0 Å². The Kier molecular flexibility index (Phi) is 5.18. The van der Waals surface area contributed by atoms with Crippen molar-refractivity contribution in [1.82, 2.24) is 0 Å². The summed E-state index contributed by atoms with van der Waals surface area (Å²) in [7, 11) is -0.488. The maximum Gasteiger partial charge on any atom is 0.0155 e. The molecule has 0 radical (unpaired) electrons. The van der Waals surface area contributed by atoms with Gasteiger partial charge in [-0.1, -0.05) is 112 Å². The summed E-state index contributed by atoms with van der Waals surface area (Å²) in [6, 6.07) is 18.7. The minimum absolute atomic E-state index is 0.103. The van der Waals surface area contributed by atoms with Crippen LogP contribution in [-0.4, -0.2) is 0 Å². The molecule has 0 aliphatic carbocycles. The predicted octanol–water partition coefficient (Wildman–Crippen LogP) is 8.69. The van der Waals surface area contributed by atoms with E-state index in [2.05, 4.69) is 111 Å². The Morgan fingerprint density at radius 2 is 1.27 bits per heavy atom. The van der Waals surface area contributed by atoms with Crippen LogP contribution >= 0.6 is 7.92 Å². The molecule has 0 spiro atoms. The predicted molar refractivity (Wildman–Crippen MR) is 136 cm³/mol. The Balaban J connectivity index is 2.16. The molecule has 0 aromatic heterocycles. The second-order valence-corrected chi connectivity index (χ2v) is 14.1. The van der Waals surface area contributed by atoms with Gasteiger partial charge in [0.05, 0.1) is 0 Å². The second kappa shape index (κ2) is 7.20. The third kappa shape index (κ3) is 2.98. The van der Waals surface area contributed by atoms with Gasteiger partial charge < -0.3 is 0 Å². The molecule has 0 saturated carbocycles. The lowest BCUT2D eigenvalue weighted by atomic mass is 9.84. The van der Waals surface area contributed by atoms with E-state index in [1.54, 1.807) is 22.0 Å². The van der Waals surface area contributed by atoms with E-state index in [0.29, 0.717) is 11.8 Å². The molecule has 1 aliphatic rings. The van der Waals surface area contributed by atoms with E-state index in [9.17, 15) is 0 Å². The van der Waals surface area contributed by atoms with Crippen molar-refractivity contribution in [2.45, 2.75) is 84.5 Å². The first-order valence-electron chi connectivity index (χ1n) is 11.5. The highest BCUT2D eigenvalue weighted by Crippen LogP contribution is 2.72. The van der Waals surface area contributed by atoms with Gasteiger partial charge in [-0.3, -0.25) is 0 Å². The van der Waals surface area contributed by atoms with Gasteiger partial charge in [-0.2, -0.15) is 0 Å². The fourth-order valence-corrected chi connectivity index (χ4v) is 10.7. The van der Waals surface area contributed by atoms with Crippen LogP contribution in [0.4, 0.5) is 0 Å². The highest BCUT2D eigenvalue weighted by atomic mass is 31.1. The second-order valence-electron chi connectivity index (χ2n) is 10.7. The molecule has 1 unspecified atom stereocenters. The topological polar surface area (TPSA) is 0 Å². The third-order valence-electron chi connectivity index (χ3n) is 7.21. The smallest absolute Gasteiger partial charge is 0.0155 e. The zero-order valence-corrected chi connectivity index (χ0v) is 21.1. The van der Waals surface area contributed by atoms with Gasteiger partial charge in [0, 0.05) is 10.3 Å². The van der Waals surface area contributed by atoms with Crippen LogP contribution in [-0.2, 0) is 10.3 Å². The lowest BCUT2D eigenvalue weighted by molar-refractivity contribution is 0.674. The maximum absolute atomic E-state index is 2.53. The lowest BCUT2D eigenvalue weighted by Gasteiger charge is -2.52. The minimum Gasteiger partial charge on any atom is -0.0617 e. The van der Waals surface area contributed by atoms with Crippen molar-refractivity contribution in [3.63, 3.8) is 0 Å². The molecule has 1 aliphatic heterocycles. The fourth-order valence-electron chi connectivity index (χ4n) is 6.04. The van der Waals surface area contributed by atoms with Crippen LogP contribution in [0.1, 0.15) is 95.0 Å². The fraction of sp³-hybridized carbons (Fsp3) is 0.448. The summed E-state index contributed by atoms with van der Waals surface area (Å²) in [5.41, 5.74) is 7.66. The average Bonchev–Trinajstić information content (AvgIpc) is 2.65. The van der Waals surface area contributed by atoms with Gasteiger partial charge in [0.15, 0.2) is 0 Å². The van der Waals surface area contributed by atoms with Crippen LogP contribution in [0.5, 0.6) is 0 Å². The number of hydrogen-bond donors (Lipinski definition) is 0. The Labute approximate surface area is 184 Å². The molecule has 0 saturated heterocycles. The number of hydrogen-bond acceptors (Lipinski definition) is 0. The van der Waals surface area contributed by atoms with Crippen LogP contribution in [0.15, 0.2) is 48.5 Å². The summed E-state index contributed by atoms with van der Waals surface area (Å²) in [6.45, 7) is 21.9. The van der Waals surface area contributed by atoms with Crippen molar-refractivity contribution in [3.05, 3.63) is 76.3 Å². The lowest BCUT2D eigenvalue weighted by Crippen LogP contribution is -2.39. The first kappa shape index (κ1) is 21.6. The Hall–Kier alpha value is -1.65. The summed E-state index contributed by atoms with van der Waals surface area (Å²) in [4.78, 5) is 0. The van der Waals surface area contributed by atoms with Gasteiger partial charge in [-0.15, -0.1) is 0 Å². The molecule has 3 aromatic rings. The van der Waals surface area contributed by atoms with Crippen molar-refractivity contribution in [2.24, 2.45) is 0 Å². The highest BCUT2D eigenvalue weighted by molar-refractivity contribution is 7.68. The van der Waals surface area contributed by atoms with E-state index in [-0.39, 0.29) is 10.3 Å². The molecule has 158 valence electrons. The van der Waals surface area contributed by atoms with Gasteiger partial charge in [0.2, 0.25) is 0 Å². The Morgan fingerprint density at radius 3 is 1.83 bits per heavy atom. The molecular weight excluding hydrogens is 379 g/mol. The average molecular weight is 417 g/mol. The van der Waals surface area contributed by atoms with Crippen LogP contribution < -0.4 is 5.30 Å². The highest BCUT2D eigenvalue weighted by Gasteiger charge is 2.50. The van der Waals surface area contributed by atoms with Crippen LogP contribution in [0.3, 0.4) is 0 Å². The van der Waals surface area contributed by atoms with Crippen molar-refractivity contribution in [3.8, 4) is 0 Å². The van der Waals surface area contributed by atoms with Gasteiger partial charge in [0.1, 0.15) is 0 Å². The minimum atomic E-state index is -0.488. The maximum atomic E-state index is 2.53. The molecule has 1 heteroatoms. The normalized spacial score (nSPS) is 19.6. The number of benzene rings is 3. The van der Waals surface area contributed by atoms with Crippen LogP contribution in [0.25, 0.3) is 10.8 Å². The molecule has 0 fully saturated rings. The van der Waals surface area contributed by atoms with Gasteiger partial charge in [0.25, 0.3) is 0 Å². The van der Waals surface area contributed by atoms with E-state index >= 15 is 0 Å². The van der Waals surface area contributed by atoms with E-state index in [1.165, 1.54) is 21.9 Å². The molecule has 0 bridgehead atoms. The summed E-state index contributed by atoms with van der Waals surface area (Å²) >= 11 is 0. The van der Waals surface area contributed by atoms with E-state index in [0.717, 1.165) is 0 Å². The largest absolute Gasteiger partial charge is 0.0617 e.